The Morgan fingerprint density at radius 1 is 0.833 bits per heavy atom. The van der Waals surface area contributed by atoms with Gasteiger partial charge in [0.05, 0.1) is 45.9 Å². The van der Waals surface area contributed by atoms with E-state index in [2.05, 4.69) is 0 Å². The van der Waals surface area contributed by atoms with Crippen LogP contribution in [0.4, 0.5) is 0 Å². The zero-order valence-corrected chi connectivity index (χ0v) is 20.4. The lowest BCUT2D eigenvalue weighted by atomic mass is 10.3. The smallest absolute Gasteiger partial charge is 0.309 e. The van der Waals surface area contributed by atoms with Gasteiger partial charge in [-0.2, -0.15) is 0 Å². The van der Waals surface area contributed by atoms with Crippen LogP contribution >= 0.6 is 0 Å². The first-order chi connectivity index (χ1) is 17.3. The highest BCUT2D eigenvalue weighted by molar-refractivity contribution is 6.13. The third kappa shape index (κ3) is 11.1. The average molecular weight is 513 g/mol. The summed E-state index contributed by atoms with van der Waals surface area (Å²) < 4.78 is 31.4. The number of hydrogen-bond acceptors (Lipinski definition) is 11. The van der Waals surface area contributed by atoms with Crippen LogP contribution in [0.2, 0.25) is 0 Å². The van der Waals surface area contributed by atoms with Gasteiger partial charge >= 0.3 is 11.9 Å². The topological polar surface area (TPSA) is 147 Å². The van der Waals surface area contributed by atoms with Gasteiger partial charge in [0.2, 0.25) is 5.91 Å². The Bertz CT molecular complexity index is 824. The zero-order chi connectivity index (χ0) is 26.3. The molecule has 2 aliphatic heterocycles. The van der Waals surface area contributed by atoms with Crippen molar-refractivity contribution < 1.29 is 52.4 Å². The van der Waals surface area contributed by atoms with Crippen LogP contribution in [-0.4, -0.2) is 105 Å². The number of ether oxygens (including phenoxy) is 6. The second-order valence-corrected chi connectivity index (χ2v) is 7.63. The van der Waals surface area contributed by atoms with Gasteiger partial charge in [0.25, 0.3) is 11.8 Å². The molecule has 0 bridgehead atoms. The molecular formula is C23H32N2O11. The molecule has 0 aromatic heterocycles. The maximum Gasteiger partial charge on any atom is 0.309 e. The number of imide groups is 1. The quantitative estimate of drug-likeness (QED) is 0.118. The maximum atomic E-state index is 11.9. The summed E-state index contributed by atoms with van der Waals surface area (Å²) in [5.74, 6) is -2.24. The van der Waals surface area contributed by atoms with Gasteiger partial charge in [-0.3, -0.25) is 28.9 Å². The largest absolute Gasteiger partial charge is 0.436 e. The molecule has 0 saturated carbocycles. The van der Waals surface area contributed by atoms with E-state index in [-0.39, 0.29) is 65.0 Å². The van der Waals surface area contributed by atoms with E-state index in [1.54, 1.807) is 13.0 Å². The van der Waals surface area contributed by atoms with E-state index in [1.165, 1.54) is 17.9 Å². The van der Waals surface area contributed by atoms with Crippen LogP contribution in [-0.2, 0) is 52.4 Å². The highest BCUT2D eigenvalue weighted by Crippen LogP contribution is 2.06. The van der Waals surface area contributed by atoms with Crippen molar-refractivity contribution in [2.75, 3.05) is 52.9 Å². The average Bonchev–Trinajstić information content (AvgIpc) is 3.00. The van der Waals surface area contributed by atoms with Crippen molar-refractivity contribution in [3.63, 3.8) is 0 Å². The van der Waals surface area contributed by atoms with E-state index in [0.29, 0.717) is 6.61 Å². The van der Waals surface area contributed by atoms with Crippen LogP contribution in [0.1, 0.15) is 26.7 Å². The molecular weight excluding hydrogens is 480 g/mol. The van der Waals surface area contributed by atoms with Gasteiger partial charge in [0.1, 0.15) is 6.73 Å². The van der Waals surface area contributed by atoms with E-state index in [4.69, 9.17) is 28.4 Å². The number of amides is 3. The normalized spacial score (nSPS) is 17.3. The summed E-state index contributed by atoms with van der Waals surface area (Å²) >= 11 is 0. The summed E-state index contributed by atoms with van der Waals surface area (Å²) in [6.45, 7) is 4.46. The van der Waals surface area contributed by atoms with Crippen LogP contribution in [0.3, 0.4) is 0 Å². The molecule has 0 N–H and O–H groups in total. The number of esters is 2. The molecule has 36 heavy (non-hydrogen) atoms. The Kier molecular flexibility index (Phi) is 12.8. The minimum Gasteiger partial charge on any atom is -0.436 e. The summed E-state index contributed by atoms with van der Waals surface area (Å²) in [5.41, 5.74) is 0. The van der Waals surface area contributed by atoms with Gasteiger partial charge in [-0.05, 0) is 13.8 Å². The molecule has 2 rings (SSSR count). The fraction of sp³-hybridized carbons (Fsp3) is 0.609. The van der Waals surface area contributed by atoms with E-state index in [9.17, 15) is 24.0 Å². The summed E-state index contributed by atoms with van der Waals surface area (Å²) in [6, 6.07) is 0. The Labute approximate surface area is 208 Å². The highest BCUT2D eigenvalue weighted by Gasteiger charge is 2.24. The van der Waals surface area contributed by atoms with Gasteiger partial charge in [0.15, 0.2) is 12.6 Å². The number of carbonyl (C=O) groups excluding carboxylic acids is 5. The minimum absolute atomic E-state index is 0.0128. The minimum atomic E-state index is -0.827. The molecule has 3 amide bonds. The first-order valence-electron chi connectivity index (χ1n) is 11.5. The predicted molar refractivity (Wildman–Crippen MR) is 121 cm³/mol. The number of hydrogen-bond donors (Lipinski definition) is 0. The summed E-state index contributed by atoms with van der Waals surface area (Å²) in [4.78, 5) is 60.7. The molecule has 2 atom stereocenters. The maximum absolute atomic E-state index is 11.9. The van der Waals surface area contributed by atoms with E-state index in [0.717, 1.165) is 17.1 Å². The van der Waals surface area contributed by atoms with E-state index < -0.39 is 36.3 Å². The van der Waals surface area contributed by atoms with Crippen LogP contribution in [0.5, 0.6) is 0 Å². The SMILES string of the molecule is CC(OCCOCCOC(C)OC(=O)CCN1C(=O)C=CC1=O)OC(=O)CCN1COCC=CC1=O. The summed E-state index contributed by atoms with van der Waals surface area (Å²) in [6.07, 6.45) is 3.59. The van der Waals surface area contributed by atoms with Gasteiger partial charge in [-0.15, -0.1) is 0 Å². The van der Waals surface area contributed by atoms with Crippen molar-refractivity contribution in [1.82, 2.24) is 9.80 Å². The van der Waals surface area contributed by atoms with Crippen molar-refractivity contribution in [3.05, 3.63) is 24.3 Å². The Morgan fingerprint density at radius 2 is 1.39 bits per heavy atom. The first-order valence-corrected chi connectivity index (χ1v) is 11.5. The standard InChI is InChI=1S/C23H32N2O11/c1-17(35-22(29)7-9-24-16-32-11-3-4-19(24)26)33-14-12-31-13-15-34-18(2)36-23(30)8-10-25-20(27)5-6-21(25)28/h3-6,17-18H,7-16H2,1-2H3. The molecule has 2 aliphatic rings. The van der Waals surface area contributed by atoms with Crippen LogP contribution < -0.4 is 0 Å². The van der Waals surface area contributed by atoms with Crippen LogP contribution in [0.15, 0.2) is 24.3 Å². The fourth-order valence-corrected chi connectivity index (χ4v) is 3.01. The van der Waals surface area contributed by atoms with Gasteiger partial charge in [-0.1, -0.05) is 6.08 Å². The lowest BCUT2D eigenvalue weighted by molar-refractivity contribution is -0.180. The summed E-state index contributed by atoms with van der Waals surface area (Å²) in [7, 11) is 0. The number of carbonyl (C=O) groups is 5. The molecule has 0 aromatic carbocycles. The van der Waals surface area contributed by atoms with Crippen molar-refractivity contribution in [1.29, 1.82) is 0 Å². The molecule has 2 unspecified atom stereocenters. The molecule has 13 heteroatoms. The molecule has 0 aromatic rings. The lowest BCUT2D eigenvalue weighted by Crippen LogP contribution is -2.33. The molecule has 0 fully saturated rings. The monoisotopic (exact) mass is 512 g/mol. The van der Waals surface area contributed by atoms with Crippen LogP contribution in [0, 0.1) is 0 Å². The number of rotatable bonds is 16. The van der Waals surface area contributed by atoms with Gasteiger partial charge in [-0.25, -0.2) is 0 Å². The predicted octanol–water partition coefficient (Wildman–Crippen LogP) is -0.108. The first kappa shape index (κ1) is 29.1. The van der Waals surface area contributed by atoms with Crippen molar-refractivity contribution in [3.8, 4) is 0 Å². The van der Waals surface area contributed by atoms with E-state index in [1.807, 2.05) is 0 Å². The molecule has 0 aliphatic carbocycles. The van der Waals surface area contributed by atoms with Crippen molar-refractivity contribution >= 4 is 29.7 Å². The van der Waals surface area contributed by atoms with E-state index >= 15 is 0 Å². The highest BCUT2D eigenvalue weighted by atomic mass is 16.7. The van der Waals surface area contributed by atoms with Gasteiger partial charge < -0.3 is 33.3 Å². The second kappa shape index (κ2) is 15.8. The van der Waals surface area contributed by atoms with Crippen molar-refractivity contribution in [2.45, 2.75) is 39.3 Å². The molecule has 13 nitrogen and oxygen atoms in total. The van der Waals surface area contributed by atoms with Crippen molar-refractivity contribution in [2.24, 2.45) is 0 Å². The molecule has 200 valence electrons. The third-order valence-electron chi connectivity index (χ3n) is 4.81. The number of nitrogens with zero attached hydrogens (tertiary/aromatic N) is 2. The molecule has 0 saturated heterocycles. The molecule has 0 radical (unpaired) electrons. The van der Waals surface area contributed by atoms with Gasteiger partial charge in [0, 0.05) is 31.3 Å². The Balaban J connectivity index is 1.44. The lowest BCUT2D eigenvalue weighted by Gasteiger charge is -2.19. The third-order valence-corrected chi connectivity index (χ3v) is 4.81. The second-order valence-electron chi connectivity index (χ2n) is 7.63. The Morgan fingerprint density at radius 3 is 1.97 bits per heavy atom. The fourth-order valence-electron chi connectivity index (χ4n) is 3.01. The zero-order valence-electron chi connectivity index (χ0n) is 20.4. The summed E-state index contributed by atoms with van der Waals surface area (Å²) in [5, 5.41) is 0. The molecule has 2 heterocycles. The van der Waals surface area contributed by atoms with Crippen LogP contribution in [0.25, 0.3) is 0 Å². The molecule has 0 spiro atoms. The Hall–Kier alpha value is -3.13.